The van der Waals surface area contributed by atoms with Gasteiger partial charge in [-0.3, -0.25) is 18.6 Å². The molecule has 0 spiro atoms. The number of pyridine rings is 1. The molecular weight excluding hydrogens is 528 g/mol. The molecular formula is C28H32N8O3S. The highest BCUT2D eigenvalue weighted by atomic mass is 32.2. The van der Waals surface area contributed by atoms with Gasteiger partial charge in [-0.1, -0.05) is 6.92 Å². The van der Waals surface area contributed by atoms with Gasteiger partial charge in [0.15, 0.2) is 17.3 Å². The molecule has 208 valence electrons. The summed E-state index contributed by atoms with van der Waals surface area (Å²) in [6, 6.07) is 3.30. The van der Waals surface area contributed by atoms with Crippen molar-refractivity contribution in [1.29, 1.82) is 0 Å². The number of nitrogens with zero attached hydrogens (tertiary/aromatic N) is 7. The molecule has 2 aliphatic carbocycles. The number of nitrogens with one attached hydrogen (secondary N) is 1. The van der Waals surface area contributed by atoms with Crippen molar-refractivity contribution in [3.05, 3.63) is 58.3 Å². The van der Waals surface area contributed by atoms with Gasteiger partial charge in [-0.25, -0.2) is 24.9 Å². The van der Waals surface area contributed by atoms with Crippen molar-refractivity contribution in [3.63, 3.8) is 0 Å². The molecule has 4 aromatic heterocycles. The van der Waals surface area contributed by atoms with E-state index in [0.29, 0.717) is 51.8 Å². The van der Waals surface area contributed by atoms with Crippen LogP contribution in [0.1, 0.15) is 74.5 Å². The third-order valence-electron chi connectivity index (χ3n) is 7.30. The summed E-state index contributed by atoms with van der Waals surface area (Å²) in [5.41, 5.74) is 4.25. The predicted octanol–water partition coefficient (Wildman–Crippen LogP) is 3.74. The molecule has 2 atom stereocenters. The number of fused-ring (bicyclic) bond motifs is 1. The molecule has 0 saturated heterocycles. The van der Waals surface area contributed by atoms with Crippen molar-refractivity contribution in [2.45, 2.75) is 68.8 Å². The zero-order valence-corrected chi connectivity index (χ0v) is 23.6. The molecule has 1 unspecified atom stereocenters. The fourth-order valence-electron chi connectivity index (χ4n) is 4.93. The van der Waals surface area contributed by atoms with E-state index in [1.165, 1.54) is 0 Å². The molecule has 0 aromatic carbocycles. The van der Waals surface area contributed by atoms with Crippen LogP contribution in [0.4, 0.5) is 5.82 Å². The van der Waals surface area contributed by atoms with Gasteiger partial charge in [0.1, 0.15) is 11.8 Å². The quantitative estimate of drug-likeness (QED) is 0.289. The largest absolute Gasteiger partial charge is 0.383 e. The Bertz CT molecular complexity index is 1600. The number of aromatic nitrogens is 7. The zero-order valence-electron chi connectivity index (χ0n) is 22.8. The molecule has 6 rings (SSSR count). The van der Waals surface area contributed by atoms with Crippen LogP contribution in [0.15, 0.2) is 40.5 Å². The van der Waals surface area contributed by atoms with Gasteiger partial charge < -0.3 is 10.1 Å². The van der Waals surface area contributed by atoms with Gasteiger partial charge in [0.2, 0.25) is 0 Å². The van der Waals surface area contributed by atoms with Crippen molar-refractivity contribution >= 4 is 27.8 Å². The minimum Gasteiger partial charge on any atom is -0.383 e. The predicted molar refractivity (Wildman–Crippen MR) is 152 cm³/mol. The topological polar surface area (TPSA) is 138 Å². The Kier molecular flexibility index (Phi) is 7.37. The van der Waals surface area contributed by atoms with Crippen LogP contribution in [0.2, 0.25) is 0 Å². The first-order valence-corrected chi connectivity index (χ1v) is 15.0. The summed E-state index contributed by atoms with van der Waals surface area (Å²) in [7, 11) is 0.539. The van der Waals surface area contributed by atoms with E-state index in [9.17, 15) is 9.00 Å². The molecule has 11 nitrogen and oxygen atoms in total. The van der Waals surface area contributed by atoms with E-state index in [2.05, 4.69) is 25.3 Å². The van der Waals surface area contributed by atoms with Gasteiger partial charge in [0.05, 0.1) is 63.7 Å². The van der Waals surface area contributed by atoms with Crippen molar-refractivity contribution < 1.29 is 8.95 Å². The van der Waals surface area contributed by atoms with E-state index in [1.54, 1.807) is 42.5 Å². The summed E-state index contributed by atoms with van der Waals surface area (Å²) in [5.74, 6) is 2.04. The van der Waals surface area contributed by atoms with Gasteiger partial charge in [0.25, 0.3) is 5.56 Å². The van der Waals surface area contributed by atoms with Gasteiger partial charge in [-0.2, -0.15) is 0 Å². The Morgan fingerprint density at radius 1 is 1.05 bits per heavy atom. The summed E-state index contributed by atoms with van der Waals surface area (Å²) in [6.07, 6.45) is 9.34. The van der Waals surface area contributed by atoms with Crippen molar-refractivity contribution in [2.75, 3.05) is 24.8 Å². The van der Waals surface area contributed by atoms with Crippen LogP contribution in [-0.2, 0) is 22.1 Å². The van der Waals surface area contributed by atoms with Crippen LogP contribution in [0.5, 0.6) is 0 Å². The first-order chi connectivity index (χ1) is 19.5. The number of hydrogen-bond donors (Lipinski definition) is 1. The standard InChI is InChI=1S/C28H32N8O3S/c1-4-40(38)20-10-9-19(29-12-20)11-30-26-28(37)36(16(2)14-39-3)27-21(34-26)13-31-25(35-27)22-23(17-5-6-17)32-15-33-24(22)18-7-8-18/h9-10,12-13,15-18H,4-8,11,14H2,1-3H3,(H,30,34)/t16-,40?/m0/s1. The zero-order chi connectivity index (χ0) is 27.8. The summed E-state index contributed by atoms with van der Waals surface area (Å²) < 4.78 is 19.1. The third kappa shape index (κ3) is 5.25. The summed E-state index contributed by atoms with van der Waals surface area (Å²) in [5, 5.41) is 3.13. The van der Waals surface area contributed by atoms with Crippen LogP contribution in [0.3, 0.4) is 0 Å². The van der Waals surface area contributed by atoms with E-state index in [0.717, 1.165) is 42.6 Å². The second-order valence-electron chi connectivity index (χ2n) is 10.4. The number of rotatable bonds is 11. The maximum absolute atomic E-state index is 13.8. The third-order valence-corrected chi connectivity index (χ3v) is 8.59. The van der Waals surface area contributed by atoms with Crippen LogP contribution >= 0.6 is 0 Å². The number of ether oxygens (including phenoxy) is 1. The van der Waals surface area contributed by atoms with Crippen molar-refractivity contribution in [2.24, 2.45) is 0 Å². The Hall–Kier alpha value is -3.64. The van der Waals surface area contributed by atoms with Crippen LogP contribution in [-0.4, -0.2) is 58.1 Å². The molecule has 2 saturated carbocycles. The Balaban J connectivity index is 1.40. The molecule has 0 radical (unpaired) electrons. The second-order valence-corrected chi connectivity index (χ2v) is 12.1. The highest BCUT2D eigenvalue weighted by Crippen LogP contribution is 2.48. The molecule has 2 aliphatic rings. The molecule has 0 bridgehead atoms. The minimum atomic E-state index is -1.07. The smallest absolute Gasteiger partial charge is 0.295 e. The first kappa shape index (κ1) is 26.6. The molecule has 40 heavy (non-hydrogen) atoms. The van der Waals surface area contributed by atoms with E-state index < -0.39 is 10.8 Å². The fraction of sp³-hybridized carbons (Fsp3) is 0.464. The number of anilines is 1. The second kappa shape index (κ2) is 11.1. The monoisotopic (exact) mass is 560 g/mol. The maximum Gasteiger partial charge on any atom is 0.295 e. The van der Waals surface area contributed by atoms with Crippen molar-refractivity contribution in [3.8, 4) is 11.4 Å². The average molecular weight is 561 g/mol. The lowest BCUT2D eigenvalue weighted by atomic mass is 10.0. The van der Waals surface area contributed by atoms with Crippen LogP contribution in [0, 0.1) is 0 Å². The molecule has 1 N–H and O–H groups in total. The number of hydrogen-bond acceptors (Lipinski definition) is 10. The molecule has 0 amide bonds. The highest BCUT2D eigenvalue weighted by Gasteiger charge is 2.35. The minimum absolute atomic E-state index is 0.176. The van der Waals surface area contributed by atoms with E-state index >= 15 is 0 Å². The van der Waals surface area contributed by atoms with E-state index in [1.807, 2.05) is 13.8 Å². The van der Waals surface area contributed by atoms with E-state index in [4.69, 9.17) is 14.7 Å². The fourth-order valence-corrected chi connectivity index (χ4v) is 5.65. The average Bonchev–Trinajstić information content (AvgIpc) is 3.89. The van der Waals surface area contributed by atoms with Gasteiger partial charge >= 0.3 is 0 Å². The summed E-state index contributed by atoms with van der Waals surface area (Å²) >= 11 is 0. The SMILES string of the molecule is CCS(=O)c1ccc(CNc2nc3cnc(-c4c(C5CC5)ncnc4C4CC4)nc3n([C@@H](C)COC)c2=O)nc1. The molecule has 0 aliphatic heterocycles. The normalized spacial score (nSPS) is 16.7. The molecule has 2 fully saturated rings. The lowest BCUT2D eigenvalue weighted by Gasteiger charge is -2.19. The summed E-state index contributed by atoms with van der Waals surface area (Å²) in [4.78, 5) is 42.3. The van der Waals surface area contributed by atoms with Crippen LogP contribution in [0.25, 0.3) is 22.6 Å². The molecule has 12 heteroatoms. The van der Waals surface area contributed by atoms with Gasteiger partial charge in [-0.15, -0.1) is 0 Å². The lowest BCUT2D eigenvalue weighted by Crippen LogP contribution is -2.30. The van der Waals surface area contributed by atoms with Gasteiger partial charge in [0, 0.05) is 30.9 Å². The lowest BCUT2D eigenvalue weighted by molar-refractivity contribution is 0.162. The number of methoxy groups -OCH3 is 1. The Morgan fingerprint density at radius 3 is 2.38 bits per heavy atom. The Morgan fingerprint density at radius 2 is 1.77 bits per heavy atom. The highest BCUT2D eigenvalue weighted by molar-refractivity contribution is 7.85. The molecule has 4 heterocycles. The van der Waals surface area contributed by atoms with Gasteiger partial charge in [-0.05, 0) is 44.7 Å². The summed E-state index contributed by atoms with van der Waals surface area (Å²) in [6.45, 7) is 4.39. The molecule has 4 aromatic rings. The maximum atomic E-state index is 13.8. The van der Waals surface area contributed by atoms with E-state index in [-0.39, 0.29) is 24.0 Å². The van der Waals surface area contributed by atoms with Crippen LogP contribution < -0.4 is 10.9 Å². The first-order valence-electron chi connectivity index (χ1n) is 13.7. The Labute approximate surface area is 234 Å². The van der Waals surface area contributed by atoms with Crippen molar-refractivity contribution in [1.82, 2.24) is 34.5 Å².